The van der Waals surface area contributed by atoms with Crippen LogP contribution in [0.2, 0.25) is 0 Å². The molecule has 0 spiro atoms. The molecule has 0 saturated carbocycles. The van der Waals surface area contributed by atoms with E-state index in [4.69, 9.17) is 0 Å². The minimum atomic E-state index is -4.25. The number of hydrogen-bond donors (Lipinski definition) is 1. The van der Waals surface area contributed by atoms with Crippen LogP contribution in [0.1, 0.15) is 19.8 Å². The number of nitrogens with one attached hydrogen (secondary N) is 1. The Kier molecular flexibility index (Phi) is 8.24. The topological polar surface area (TPSA) is 36.9 Å². The van der Waals surface area contributed by atoms with Gasteiger partial charge in [0, 0.05) is 44.3 Å². The smallest absolute Gasteiger partial charge is 0.372 e. The molecule has 1 heterocycles. The van der Waals surface area contributed by atoms with Gasteiger partial charge in [-0.2, -0.15) is 24.9 Å². The van der Waals surface area contributed by atoms with E-state index in [1.165, 1.54) is 0 Å². The Hall–Kier alpha value is -0.630. The number of ether oxygens (including phenoxy) is 1. The van der Waals surface area contributed by atoms with Crippen molar-refractivity contribution in [2.75, 3.05) is 45.6 Å². The maximum absolute atomic E-state index is 11.9. The van der Waals surface area contributed by atoms with Crippen molar-refractivity contribution in [1.29, 1.82) is 0 Å². The van der Waals surface area contributed by atoms with Crippen molar-refractivity contribution >= 4 is 17.7 Å². The quantitative estimate of drug-likeness (QED) is 0.462. The Labute approximate surface area is 128 Å². The Morgan fingerprint density at radius 1 is 1.48 bits per heavy atom. The van der Waals surface area contributed by atoms with Gasteiger partial charge in [0.05, 0.1) is 0 Å². The zero-order valence-electron chi connectivity index (χ0n) is 12.6. The molecule has 0 aromatic carbocycles. The molecular formula is C13H24F3N3OS. The Bertz CT molecular complexity index is 326. The first kappa shape index (κ1) is 18.4. The highest BCUT2D eigenvalue weighted by molar-refractivity contribution is 8.00. The van der Waals surface area contributed by atoms with Gasteiger partial charge in [-0.05, 0) is 12.8 Å². The number of halogens is 3. The van der Waals surface area contributed by atoms with Gasteiger partial charge in [0.1, 0.15) is 6.61 Å². The maximum atomic E-state index is 11.9. The van der Waals surface area contributed by atoms with E-state index in [1.807, 2.05) is 11.8 Å². The standard InChI is InChI=1S/C13H24F3N3OS/c1-3-11-9-19(6-8-21-11)12(17-2)18-5-4-7-20-10-13(14,15)16/h11H,3-10H2,1-2H3,(H,17,18). The molecular weight excluding hydrogens is 303 g/mol. The number of rotatable bonds is 6. The van der Waals surface area contributed by atoms with E-state index in [0.717, 1.165) is 31.2 Å². The van der Waals surface area contributed by atoms with Gasteiger partial charge >= 0.3 is 6.18 Å². The molecule has 1 aliphatic rings. The molecule has 1 saturated heterocycles. The van der Waals surface area contributed by atoms with E-state index in [0.29, 0.717) is 18.2 Å². The summed E-state index contributed by atoms with van der Waals surface area (Å²) in [5.41, 5.74) is 0. The molecule has 0 radical (unpaired) electrons. The lowest BCUT2D eigenvalue weighted by atomic mass is 10.3. The molecule has 1 fully saturated rings. The summed E-state index contributed by atoms with van der Waals surface area (Å²) in [4.78, 5) is 6.45. The van der Waals surface area contributed by atoms with Gasteiger partial charge in [0.25, 0.3) is 0 Å². The zero-order chi connectivity index (χ0) is 15.7. The van der Waals surface area contributed by atoms with Crippen LogP contribution in [0.5, 0.6) is 0 Å². The third-order valence-corrected chi connectivity index (χ3v) is 4.49. The Morgan fingerprint density at radius 2 is 2.24 bits per heavy atom. The largest absolute Gasteiger partial charge is 0.411 e. The predicted octanol–water partition coefficient (Wildman–Crippen LogP) is 2.36. The van der Waals surface area contributed by atoms with Crippen molar-refractivity contribution < 1.29 is 17.9 Å². The molecule has 0 aromatic heterocycles. The summed E-state index contributed by atoms with van der Waals surface area (Å²) in [5.74, 6) is 1.90. The summed E-state index contributed by atoms with van der Waals surface area (Å²) in [6.07, 6.45) is -2.59. The lowest BCUT2D eigenvalue weighted by Gasteiger charge is -2.34. The average Bonchev–Trinajstić information content (AvgIpc) is 2.45. The number of alkyl halides is 3. The lowest BCUT2D eigenvalue weighted by Crippen LogP contribution is -2.48. The minimum absolute atomic E-state index is 0.0942. The van der Waals surface area contributed by atoms with Crippen LogP contribution in [0.3, 0.4) is 0 Å². The lowest BCUT2D eigenvalue weighted by molar-refractivity contribution is -0.173. The van der Waals surface area contributed by atoms with Crippen LogP contribution in [0, 0.1) is 0 Å². The fourth-order valence-electron chi connectivity index (χ4n) is 2.05. The monoisotopic (exact) mass is 327 g/mol. The molecule has 0 bridgehead atoms. The molecule has 1 rings (SSSR count). The Morgan fingerprint density at radius 3 is 2.86 bits per heavy atom. The van der Waals surface area contributed by atoms with Crippen LogP contribution in [-0.2, 0) is 4.74 Å². The molecule has 4 nitrogen and oxygen atoms in total. The van der Waals surface area contributed by atoms with Crippen LogP contribution in [0.25, 0.3) is 0 Å². The second kappa shape index (κ2) is 9.40. The van der Waals surface area contributed by atoms with Gasteiger partial charge in [-0.3, -0.25) is 4.99 Å². The van der Waals surface area contributed by atoms with E-state index >= 15 is 0 Å². The SMILES string of the molecule is CCC1CN(C(=NC)NCCCOCC(F)(F)F)CCS1. The summed E-state index contributed by atoms with van der Waals surface area (Å²) in [6.45, 7) is 3.57. The third-order valence-electron chi connectivity index (χ3n) is 3.12. The molecule has 0 aliphatic carbocycles. The first-order valence-electron chi connectivity index (χ1n) is 7.18. The minimum Gasteiger partial charge on any atom is -0.372 e. The number of nitrogens with zero attached hydrogens (tertiary/aromatic N) is 2. The molecule has 0 amide bonds. The highest BCUT2D eigenvalue weighted by atomic mass is 32.2. The second-order valence-electron chi connectivity index (χ2n) is 4.84. The summed E-state index contributed by atoms with van der Waals surface area (Å²) in [7, 11) is 1.73. The van der Waals surface area contributed by atoms with Gasteiger partial charge in [0.2, 0.25) is 0 Å². The van der Waals surface area contributed by atoms with E-state index in [1.54, 1.807) is 7.05 Å². The molecule has 1 aliphatic heterocycles. The van der Waals surface area contributed by atoms with Gasteiger partial charge in [-0.1, -0.05) is 6.92 Å². The van der Waals surface area contributed by atoms with E-state index in [9.17, 15) is 13.2 Å². The molecule has 0 aromatic rings. The van der Waals surface area contributed by atoms with Crippen LogP contribution >= 0.6 is 11.8 Å². The predicted molar refractivity (Wildman–Crippen MR) is 81.0 cm³/mol. The molecule has 8 heteroatoms. The first-order chi connectivity index (χ1) is 9.96. The van der Waals surface area contributed by atoms with Crippen LogP contribution < -0.4 is 5.32 Å². The van der Waals surface area contributed by atoms with Crippen molar-refractivity contribution in [3.8, 4) is 0 Å². The first-order valence-corrected chi connectivity index (χ1v) is 8.23. The number of thioether (sulfide) groups is 1. The highest BCUT2D eigenvalue weighted by Crippen LogP contribution is 2.21. The molecule has 1 N–H and O–H groups in total. The maximum Gasteiger partial charge on any atom is 0.411 e. The summed E-state index contributed by atoms with van der Waals surface area (Å²) in [5, 5.41) is 3.80. The number of guanidine groups is 1. The second-order valence-corrected chi connectivity index (χ2v) is 6.25. The highest BCUT2D eigenvalue weighted by Gasteiger charge is 2.27. The molecule has 1 atom stereocenters. The van der Waals surface area contributed by atoms with Crippen LogP contribution in [0.4, 0.5) is 13.2 Å². The van der Waals surface area contributed by atoms with Crippen molar-refractivity contribution in [3.63, 3.8) is 0 Å². The fourth-order valence-corrected chi connectivity index (χ4v) is 3.23. The van der Waals surface area contributed by atoms with Gasteiger partial charge in [-0.15, -0.1) is 0 Å². The summed E-state index contributed by atoms with van der Waals surface area (Å²) in [6, 6.07) is 0. The van der Waals surface area contributed by atoms with E-state index in [2.05, 4.69) is 26.9 Å². The molecule has 1 unspecified atom stereocenters. The van der Waals surface area contributed by atoms with Gasteiger partial charge < -0.3 is 15.0 Å². The summed E-state index contributed by atoms with van der Waals surface area (Å²) < 4.78 is 40.2. The van der Waals surface area contributed by atoms with Crippen molar-refractivity contribution in [2.24, 2.45) is 4.99 Å². The van der Waals surface area contributed by atoms with Crippen molar-refractivity contribution in [3.05, 3.63) is 0 Å². The molecule has 124 valence electrons. The van der Waals surface area contributed by atoms with Crippen LogP contribution in [-0.4, -0.2) is 67.9 Å². The number of aliphatic imine (C=N–C) groups is 1. The zero-order valence-corrected chi connectivity index (χ0v) is 13.4. The van der Waals surface area contributed by atoms with Crippen LogP contribution in [0.15, 0.2) is 4.99 Å². The van der Waals surface area contributed by atoms with Crippen molar-refractivity contribution in [2.45, 2.75) is 31.2 Å². The normalized spacial score (nSPS) is 20.7. The van der Waals surface area contributed by atoms with E-state index in [-0.39, 0.29) is 6.61 Å². The fraction of sp³-hybridized carbons (Fsp3) is 0.923. The van der Waals surface area contributed by atoms with Gasteiger partial charge in [-0.25, -0.2) is 0 Å². The summed E-state index contributed by atoms with van der Waals surface area (Å²) >= 11 is 1.98. The third kappa shape index (κ3) is 7.80. The molecule has 21 heavy (non-hydrogen) atoms. The average molecular weight is 327 g/mol. The van der Waals surface area contributed by atoms with Gasteiger partial charge in [0.15, 0.2) is 5.96 Å². The Balaban J connectivity index is 2.20. The van der Waals surface area contributed by atoms with Crippen molar-refractivity contribution in [1.82, 2.24) is 10.2 Å². The van der Waals surface area contributed by atoms with E-state index < -0.39 is 12.8 Å². The number of hydrogen-bond acceptors (Lipinski definition) is 3.